The fourth-order valence-corrected chi connectivity index (χ4v) is 14.4. The molecule has 3 N–H and O–H groups in total. The van der Waals surface area contributed by atoms with Gasteiger partial charge in [-0.15, -0.1) is 0 Å². The second-order valence-corrected chi connectivity index (χ2v) is 33.5. The summed E-state index contributed by atoms with van der Waals surface area (Å²) in [4.78, 5) is 73.1. The van der Waals surface area contributed by atoms with Crippen molar-refractivity contribution < 1.29 is 80.2 Å². The van der Waals surface area contributed by atoms with Crippen LogP contribution < -0.4 is 0 Å². The van der Waals surface area contributed by atoms with Gasteiger partial charge in [-0.2, -0.15) is 0 Å². The van der Waals surface area contributed by atoms with Crippen molar-refractivity contribution in [3.05, 3.63) is 0 Å². The van der Waals surface area contributed by atoms with E-state index < -0.39 is 97.5 Å². The van der Waals surface area contributed by atoms with Crippen molar-refractivity contribution in [3.8, 4) is 0 Å². The quantitative estimate of drug-likeness (QED) is 0.0222. The summed E-state index contributed by atoms with van der Waals surface area (Å²) in [6.45, 7) is 9.73. The lowest BCUT2D eigenvalue weighted by molar-refractivity contribution is -0.161. The van der Waals surface area contributed by atoms with Crippen LogP contribution in [0, 0.1) is 11.8 Å². The molecule has 0 aromatic rings. The average molecular weight is 1490 g/mol. The molecule has 0 aliphatic rings. The molecule has 0 spiro atoms. The second kappa shape index (κ2) is 74.5. The lowest BCUT2D eigenvalue weighted by atomic mass is 9.99. The molecule has 17 nitrogen and oxygen atoms in total. The van der Waals surface area contributed by atoms with Gasteiger partial charge in [-0.25, -0.2) is 9.13 Å². The maximum Gasteiger partial charge on any atom is 0.472 e. The number of carbonyl (C=O) groups excluding carboxylic acids is 4. The Labute approximate surface area is 626 Å². The SMILES string of the molecule is CCCCCCCCCCCCCCCCCCC(=O)O[C@H](COC(=O)CCCCCCCCCCC)COP(=O)(O)OC[C@H](O)COP(=O)(O)OC[C@@H](COC(=O)CCCCCCCCCCCCCCCCC(C)CC)OC(=O)CCCCCCCCCCCCCCCCCCC(C)C. The number of unbranched alkanes of at least 4 members (excludes halogenated alkanes) is 51. The minimum atomic E-state index is -4.96. The Balaban J connectivity index is 5.22. The lowest BCUT2D eigenvalue weighted by Crippen LogP contribution is -2.30. The molecular weight excluding hydrogens is 1330 g/mol. The van der Waals surface area contributed by atoms with E-state index in [-0.39, 0.29) is 25.7 Å². The largest absolute Gasteiger partial charge is 0.472 e. The fourth-order valence-electron chi connectivity index (χ4n) is 12.9. The van der Waals surface area contributed by atoms with E-state index in [1.807, 2.05) is 0 Å². The molecule has 0 bridgehead atoms. The first-order valence-electron chi connectivity index (χ1n) is 43.0. The number of esters is 4. The molecule has 0 aromatic heterocycles. The summed E-state index contributed by atoms with van der Waals surface area (Å²) in [5.74, 6) is -0.446. The molecular formula is C83H162O17P2. The van der Waals surface area contributed by atoms with Gasteiger partial charge in [0.05, 0.1) is 26.4 Å². The Bertz CT molecular complexity index is 1960. The normalized spacial score (nSPS) is 14.1. The highest BCUT2D eigenvalue weighted by molar-refractivity contribution is 7.47. The Morgan fingerprint density at radius 3 is 0.745 bits per heavy atom. The molecule has 102 heavy (non-hydrogen) atoms. The Kier molecular flexibility index (Phi) is 73.1. The summed E-state index contributed by atoms with van der Waals surface area (Å²) in [5.41, 5.74) is 0. The third-order valence-electron chi connectivity index (χ3n) is 19.8. The Morgan fingerprint density at radius 1 is 0.284 bits per heavy atom. The van der Waals surface area contributed by atoms with Gasteiger partial charge in [-0.3, -0.25) is 37.3 Å². The maximum atomic E-state index is 13.1. The number of phosphoric acid groups is 2. The topological polar surface area (TPSA) is 237 Å². The maximum absolute atomic E-state index is 13.1. The van der Waals surface area contributed by atoms with Crippen molar-refractivity contribution in [1.29, 1.82) is 0 Å². The van der Waals surface area contributed by atoms with Crippen LogP contribution in [0.1, 0.15) is 440 Å². The van der Waals surface area contributed by atoms with Crippen molar-refractivity contribution in [1.82, 2.24) is 0 Å². The van der Waals surface area contributed by atoms with Crippen LogP contribution in [0.5, 0.6) is 0 Å². The van der Waals surface area contributed by atoms with Crippen molar-refractivity contribution >= 4 is 39.5 Å². The van der Waals surface area contributed by atoms with E-state index in [1.165, 1.54) is 257 Å². The zero-order valence-corrected chi connectivity index (χ0v) is 68.7. The monoisotopic (exact) mass is 1490 g/mol. The second-order valence-electron chi connectivity index (χ2n) is 30.6. The zero-order valence-electron chi connectivity index (χ0n) is 66.9. The zero-order chi connectivity index (χ0) is 74.9. The first-order valence-corrected chi connectivity index (χ1v) is 46.0. The number of rotatable bonds is 82. The number of aliphatic hydroxyl groups is 1. The van der Waals surface area contributed by atoms with Crippen LogP contribution in [0.15, 0.2) is 0 Å². The molecule has 0 aliphatic carbocycles. The van der Waals surface area contributed by atoms with Crippen LogP contribution in [-0.4, -0.2) is 96.7 Å². The van der Waals surface area contributed by atoms with Gasteiger partial charge in [0, 0.05) is 25.7 Å². The molecule has 0 fully saturated rings. The van der Waals surface area contributed by atoms with E-state index >= 15 is 0 Å². The van der Waals surface area contributed by atoms with Crippen molar-refractivity contribution in [3.63, 3.8) is 0 Å². The van der Waals surface area contributed by atoms with Gasteiger partial charge in [0.25, 0.3) is 0 Å². The van der Waals surface area contributed by atoms with Crippen molar-refractivity contribution in [2.24, 2.45) is 11.8 Å². The molecule has 0 rings (SSSR count). The average Bonchev–Trinajstić information content (AvgIpc) is 0.984. The molecule has 19 heteroatoms. The minimum Gasteiger partial charge on any atom is -0.462 e. The summed E-state index contributed by atoms with van der Waals surface area (Å²) in [7, 11) is -9.92. The van der Waals surface area contributed by atoms with Gasteiger partial charge in [0.2, 0.25) is 0 Å². The molecule has 0 radical (unpaired) electrons. The molecule has 0 saturated heterocycles. The molecule has 0 aromatic carbocycles. The van der Waals surface area contributed by atoms with E-state index in [2.05, 4.69) is 41.5 Å². The third-order valence-corrected chi connectivity index (χ3v) is 21.7. The van der Waals surface area contributed by atoms with E-state index in [1.54, 1.807) is 0 Å². The van der Waals surface area contributed by atoms with Crippen LogP contribution in [0.3, 0.4) is 0 Å². The fraction of sp³-hybridized carbons (Fsp3) is 0.952. The molecule has 3 unspecified atom stereocenters. The first-order chi connectivity index (χ1) is 49.4. The summed E-state index contributed by atoms with van der Waals surface area (Å²) >= 11 is 0. The molecule has 0 amide bonds. The lowest BCUT2D eigenvalue weighted by Gasteiger charge is -2.21. The number of hydrogen-bond acceptors (Lipinski definition) is 15. The number of hydrogen-bond donors (Lipinski definition) is 3. The predicted octanol–water partition coefficient (Wildman–Crippen LogP) is 25.1. The van der Waals surface area contributed by atoms with Gasteiger partial charge in [-0.05, 0) is 37.5 Å². The van der Waals surface area contributed by atoms with E-state index in [0.29, 0.717) is 25.7 Å². The minimum absolute atomic E-state index is 0.108. The standard InChI is InChI=1S/C83H162O17P2/c1-7-10-12-14-16-18-19-20-21-25-32-37-43-49-55-61-67-82(87)99-78(71-93-80(85)65-59-53-47-39-17-15-13-11-8-2)73-97-101(89,90)95-69-77(84)70-96-102(91,92)98-74-79(72-94-81(86)66-60-54-48-42-36-31-28-27-30-35-41-46-52-58-64-76(6)9-3)100-83(88)68-62-56-50-44-38-33-26-23-22-24-29-34-40-45-51-57-63-75(4)5/h75-79,84H,7-74H2,1-6H3,(H,89,90)(H,91,92)/t76?,77-,78+,79+/m0/s1. The summed E-state index contributed by atoms with van der Waals surface area (Å²) < 4.78 is 68.8. The summed E-state index contributed by atoms with van der Waals surface area (Å²) in [5, 5.41) is 10.7. The highest BCUT2D eigenvalue weighted by Gasteiger charge is 2.30. The van der Waals surface area contributed by atoms with E-state index in [9.17, 15) is 43.2 Å². The molecule has 0 heterocycles. The van der Waals surface area contributed by atoms with Crippen LogP contribution in [0.2, 0.25) is 0 Å². The van der Waals surface area contributed by atoms with Crippen molar-refractivity contribution in [2.75, 3.05) is 39.6 Å². The highest BCUT2D eigenvalue weighted by Crippen LogP contribution is 2.45. The molecule has 6 atom stereocenters. The van der Waals surface area contributed by atoms with E-state index in [0.717, 1.165) is 102 Å². The van der Waals surface area contributed by atoms with E-state index in [4.69, 9.17) is 37.0 Å². The Hall–Kier alpha value is -1.94. The molecule has 0 saturated carbocycles. The molecule has 606 valence electrons. The van der Waals surface area contributed by atoms with Gasteiger partial charge >= 0.3 is 39.5 Å². The smallest absolute Gasteiger partial charge is 0.462 e. The highest BCUT2D eigenvalue weighted by atomic mass is 31.2. The first kappa shape index (κ1) is 100. The van der Waals surface area contributed by atoms with Gasteiger partial charge < -0.3 is 33.8 Å². The third kappa shape index (κ3) is 74.9. The van der Waals surface area contributed by atoms with Crippen LogP contribution in [0.4, 0.5) is 0 Å². The molecule has 0 aliphatic heterocycles. The van der Waals surface area contributed by atoms with Gasteiger partial charge in [0.1, 0.15) is 19.3 Å². The number of carbonyl (C=O) groups is 4. The Morgan fingerprint density at radius 2 is 0.500 bits per heavy atom. The summed E-state index contributed by atoms with van der Waals surface area (Å²) in [6.07, 6.45) is 65.1. The number of ether oxygens (including phenoxy) is 4. The van der Waals surface area contributed by atoms with Crippen LogP contribution in [0.25, 0.3) is 0 Å². The van der Waals surface area contributed by atoms with Crippen molar-refractivity contribution in [2.45, 2.75) is 458 Å². The number of aliphatic hydroxyl groups excluding tert-OH is 1. The number of phosphoric ester groups is 2. The van der Waals surface area contributed by atoms with Crippen LogP contribution in [-0.2, 0) is 65.4 Å². The predicted molar refractivity (Wildman–Crippen MR) is 418 cm³/mol. The van der Waals surface area contributed by atoms with Gasteiger partial charge in [0.15, 0.2) is 12.2 Å². The van der Waals surface area contributed by atoms with Gasteiger partial charge in [-0.1, -0.05) is 388 Å². The summed E-state index contributed by atoms with van der Waals surface area (Å²) in [6, 6.07) is 0. The van der Waals surface area contributed by atoms with Crippen LogP contribution >= 0.6 is 15.6 Å².